The van der Waals surface area contributed by atoms with Gasteiger partial charge in [-0.25, -0.2) is 4.98 Å². The first kappa shape index (κ1) is 14.2. The molecule has 0 saturated heterocycles. The van der Waals surface area contributed by atoms with Crippen LogP contribution in [0.5, 0.6) is 0 Å². The van der Waals surface area contributed by atoms with Crippen LogP contribution in [0.2, 0.25) is 0 Å². The molecule has 0 bridgehead atoms. The van der Waals surface area contributed by atoms with Crippen molar-refractivity contribution in [1.29, 1.82) is 5.26 Å². The van der Waals surface area contributed by atoms with Crippen LogP contribution in [-0.2, 0) is 0 Å². The Morgan fingerprint density at radius 1 is 1.48 bits per heavy atom. The van der Waals surface area contributed by atoms with E-state index in [2.05, 4.69) is 33.0 Å². The fourth-order valence-electron chi connectivity index (χ4n) is 2.56. The molecule has 2 aromatic heterocycles. The highest BCUT2D eigenvalue weighted by Gasteiger charge is 2.29. The summed E-state index contributed by atoms with van der Waals surface area (Å²) in [6.07, 6.45) is 6.87. The number of hydrogen-bond acceptors (Lipinski definition) is 5. The van der Waals surface area contributed by atoms with E-state index < -0.39 is 0 Å². The molecule has 0 atom stereocenters. The molecule has 1 aliphatic carbocycles. The van der Waals surface area contributed by atoms with E-state index >= 15 is 0 Å². The van der Waals surface area contributed by atoms with E-state index in [1.165, 1.54) is 6.42 Å². The Morgan fingerprint density at radius 2 is 2.33 bits per heavy atom. The summed E-state index contributed by atoms with van der Waals surface area (Å²) in [7, 11) is 0. The van der Waals surface area contributed by atoms with Gasteiger partial charge in [0, 0.05) is 35.6 Å². The second-order valence-electron chi connectivity index (χ2n) is 5.37. The van der Waals surface area contributed by atoms with Gasteiger partial charge in [-0.2, -0.15) is 5.26 Å². The molecule has 1 saturated carbocycles. The second kappa shape index (κ2) is 6.37. The molecule has 21 heavy (non-hydrogen) atoms. The molecule has 6 heteroatoms. The number of nitriles is 1. The molecule has 0 aromatic carbocycles. The highest BCUT2D eigenvalue weighted by molar-refractivity contribution is 7.97. The summed E-state index contributed by atoms with van der Waals surface area (Å²) in [4.78, 5) is 7.34. The van der Waals surface area contributed by atoms with Gasteiger partial charge in [-0.3, -0.25) is 4.72 Å². The number of anilines is 1. The van der Waals surface area contributed by atoms with Gasteiger partial charge >= 0.3 is 0 Å². The first-order valence-corrected chi connectivity index (χ1v) is 8.30. The Morgan fingerprint density at radius 3 is 3.10 bits per heavy atom. The molecule has 3 N–H and O–H groups in total. The molecule has 3 rings (SSSR count). The second-order valence-corrected chi connectivity index (χ2v) is 6.31. The van der Waals surface area contributed by atoms with Crippen LogP contribution >= 0.6 is 11.9 Å². The number of rotatable bonds is 6. The molecular weight excluding hydrogens is 282 g/mol. The van der Waals surface area contributed by atoms with Gasteiger partial charge in [-0.05, 0) is 25.3 Å². The summed E-state index contributed by atoms with van der Waals surface area (Å²) < 4.78 is 3.49. The van der Waals surface area contributed by atoms with Gasteiger partial charge in [0.15, 0.2) is 0 Å². The highest BCUT2D eigenvalue weighted by Crippen LogP contribution is 2.31. The Kier molecular flexibility index (Phi) is 4.32. The van der Waals surface area contributed by atoms with Crippen molar-refractivity contribution < 1.29 is 0 Å². The Labute approximate surface area is 128 Å². The lowest BCUT2D eigenvalue weighted by molar-refractivity contribution is 0.355. The predicted octanol–water partition coefficient (Wildman–Crippen LogP) is 3.03. The number of aromatic amines is 1. The lowest BCUT2D eigenvalue weighted by Gasteiger charge is -2.37. The monoisotopic (exact) mass is 301 g/mol. The summed E-state index contributed by atoms with van der Waals surface area (Å²) in [5.74, 6) is 1.15. The third-order valence-corrected chi connectivity index (χ3v) is 4.86. The van der Waals surface area contributed by atoms with Crippen LogP contribution in [0.1, 0.15) is 31.7 Å². The zero-order chi connectivity index (χ0) is 14.7. The van der Waals surface area contributed by atoms with Gasteiger partial charge in [-0.15, -0.1) is 0 Å². The molecule has 2 heterocycles. The highest BCUT2D eigenvalue weighted by atomic mass is 32.2. The maximum atomic E-state index is 9.26. The predicted molar refractivity (Wildman–Crippen MR) is 87.1 cm³/mol. The summed E-state index contributed by atoms with van der Waals surface area (Å²) in [5.41, 5.74) is 2.34. The van der Waals surface area contributed by atoms with Gasteiger partial charge in [0.05, 0.1) is 11.3 Å². The molecule has 2 aromatic rings. The van der Waals surface area contributed by atoms with E-state index in [-0.39, 0.29) is 0 Å². The first-order valence-electron chi connectivity index (χ1n) is 7.32. The average Bonchev–Trinajstić information content (AvgIpc) is 2.93. The fraction of sp³-hybridized carbons (Fsp3) is 0.467. The van der Waals surface area contributed by atoms with E-state index in [0.717, 1.165) is 35.3 Å². The van der Waals surface area contributed by atoms with E-state index in [9.17, 15) is 5.26 Å². The fourth-order valence-corrected chi connectivity index (χ4v) is 3.31. The van der Waals surface area contributed by atoms with Crippen molar-refractivity contribution in [2.24, 2.45) is 0 Å². The number of pyridine rings is 1. The number of H-pyrrole nitrogens is 1. The van der Waals surface area contributed by atoms with Gasteiger partial charge in [0.25, 0.3) is 0 Å². The number of aromatic nitrogens is 2. The van der Waals surface area contributed by atoms with Gasteiger partial charge in [-0.1, -0.05) is 18.9 Å². The van der Waals surface area contributed by atoms with Gasteiger partial charge < -0.3 is 10.3 Å². The topological polar surface area (TPSA) is 76.5 Å². The molecule has 5 nitrogen and oxygen atoms in total. The van der Waals surface area contributed by atoms with Gasteiger partial charge in [0.2, 0.25) is 0 Å². The SMILES string of the molecule is CCCSN[C@H]1C[C@@H](Nc2c(C#N)cnc3[nH]ccc23)C1. The van der Waals surface area contributed by atoms with Crippen LogP contribution in [0.3, 0.4) is 0 Å². The van der Waals surface area contributed by atoms with Crippen LogP contribution in [0.15, 0.2) is 18.5 Å². The molecule has 0 unspecified atom stereocenters. The molecule has 0 aliphatic heterocycles. The Balaban J connectivity index is 1.64. The zero-order valence-electron chi connectivity index (χ0n) is 12.0. The number of hydrogen-bond donors (Lipinski definition) is 3. The van der Waals surface area contributed by atoms with Crippen molar-refractivity contribution in [2.75, 3.05) is 11.1 Å². The van der Waals surface area contributed by atoms with E-state index in [4.69, 9.17) is 0 Å². The van der Waals surface area contributed by atoms with Crippen LogP contribution < -0.4 is 10.0 Å². The smallest absolute Gasteiger partial charge is 0.139 e. The van der Waals surface area contributed by atoms with Crippen molar-refractivity contribution in [3.8, 4) is 6.07 Å². The number of fused-ring (bicyclic) bond motifs is 1. The zero-order valence-corrected chi connectivity index (χ0v) is 12.8. The molecular formula is C15H19N5S. The molecule has 1 aliphatic rings. The Bertz CT molecular complexity index is 654. The van der Waals surface area contributed by atoms with Crippen molar-refractivity contribution in [2.45, 2.75) is 38.3 Å². The summed E-state index contributed by atoms with van der Waals surface area (Å²) in [6, 6.07) is 5.20. The summed E-state index contributed by atoms with van der Waals surface area (Å²) in [5, 5.41) is 13.8. The van der Waals surface area contributed by atoms with Crippen LogP contribution in [0.25, 0.3) is 11.0 Å². The third kappa shape index (κ3) is 2.99. The molecule has 0 amide bonds. The first-order chi connectivity index (χ1) is 10.3. The number of nitrogens with zero attached hydrogens (tertiary/aromatic N) is 2. The largest absolute Gasteiger partial charge is 0.380 e. The molecule has 0 spiro atoms. The summed E-state index contributed by atoms with van der Waals surface area (Å²) >= 11 is 1.81. The lowest BCUT2D eigenvalue weighted by Crippen LogP contribution is -2.45. The number of nitrogens with one attached hydrogen (secondary N) is 3. The normalized spacial score (nSPS) is 21.0. The van der Waals surface area contributed by atoms with E-state index in [1.807, 2.05) is 24.2 Å². The molecule has 1 fully saturated rings. The van der Waals surface area contributed by atoms with E-state index in [0.29, 0.717) is 17.6 Å². The average molecular weight is 301 g/mol. The molecule has 110 valence electrons. The minimum atomic E-state index is 0.428. The maximum Gasteiger partial charge on any atom is 0.139 e. The lowest BCUT2D eigenvalue weighted by atomic mass is 9.87. The minimum Gasteiger partial charge on any atom is -0.380 e. The van der Waals surface area contributed by atoms with Gasteiger partial charge in [0.1, 0.15) is 11.7 Å². The van der Waals surface area contributed by atoms with Crippen molar-refractivity contribution in [3.05, 3.63) is 24.0 Å². The standard InChI is InChI=1S/C15H19N5S/c1-2-5-21-20-12-6-11(7-12)19-14-10(8-16)9-18-15-13(14)3-4-17-15/h3-4,9,11-12,20H,2,5-7H2,1H3,(H2,17,18,19)/t11-,12+. The van der Waals surface area contributed by atoms with Crippen LogP contribution in [0, 0.1) is 11.3 Å². The minimum absolute atomic E-state index is 0.428. The van der Waals surface area contributed by atoms with Crippen LogP contribution in [-0.4, -0.2) is 27.8 Å². The maximum absolute atomic E-state index is 9.26. The van der Waals surface area contributed by atoms with E-state index in [1.54, 1.807) is 6.20 Å². The van der Waals surface area contributed by atoms with Crippen LogP contribution in [0.4, 0.5) is 5.69 Å². The quantitative estimate of drug-likeness (QED) is 0.565. The molecule has 0 radical (unpaired) electrons. The van der Waals surface area contributed by atoms with Crippen molar-refractivity contribution in [3.63, 3.8) is 0 Å². The summed E-state index contributed by atoms with van der Waals surface area (Å²) in [6.45, 7) is 2.19. The Hall–Kier alpha value is -1.71. The van der Waals surface area contributed by atoms with Crippen molar-refractivity contribution >= 4 is 28.7 Å². The third-order valence-electron chi connectivity index (χ3n) is 3.75. The van der Waals surface area contributed by atoms with Crippen molar-refractivity contribution in [1.82, 2.24) is 14.7 Å².